The minimum absolute atomic E-state index is 0.0223. The summed E-state index contributed by atoms with van der Waals surface area (Å²) < 4.78 is 7.17. The first-order chi connectivity index (χ1) is 14.4. The number of hydrogen-bond donors (Lipinski definition) is 6. The highest BCUT2D eigenvalue weighted by Gasteiger charge is 2.15. The van der Waals surface area contributed by atoms with E-state index in [9.17, 15) is 10.0 Å². The first-order valence-electron chi connectivity index (χ1n) is 9.76. The van der Waals surface area contributed by atoms with Crippen LogP contribution in [0.3, 0.4) is 0 Å². The van der Waals surface area contributed by atoms with Gasteiger partial charge in [0.25, 0.3) is 5.91 Å². The molecule has 0 spiro atoms. The first kappa shape index (κ1) is 26.2. The fourth-order valence-electron chi connectivity index (χ4n) is 2.59. The maximum atomic E-state index is 12.3. The number of rotatable bonds is 14. The molecule has 30 heavy (non-hydrogen) atoms. The van der Waals surface area contributed by atoms with Crippen LogP contribution in [-0.4, -0.2) is 49.0 Å². The highest BCUT2D eigenvalue weighted by molar-refractivity contribution is 9.11. The topological polar surface area (TPSA) is 159 Å². The van der Waals surface area contributed by atoms with E-state index in [2.05, 4.69) is 47.6 Å². The summed E-state index contributed by atoms with van der Waals surface area (Å²) in [5, 5.41) is 25.0. The monoisotopic (exact) mass is 548 g/mol. The van der Waals surface area contributed by atoms with E-state index in [-0.39, 0.29) is 18.1 Å². The van der Waals surface area contributed by atoms with E-state index in [0.717, 1.165) is 46.6 Å². The van der Waals surface area contributed by atoms with Gasteiger partial charge >= 0.3 is 0 Å². The molecule has 0 aliphatic rings. The van der Waals surface area contributed by atoms with Crippen LogP contribution in [0.2, 0.25) is 0 Å². The van der Waals surface area contributed by atoms with Gasteiger partial charge in [-0.3, -0.25) is 10.2 Å². The lowest BCUT2D eigenvalue weighted by Gasteiger charge is -2.12. The Morgan fingerprint density at radius 3 is 2.23 bits per heavy atom. The van der Waals surface area contributed by atoms with Crippen molar-refractivity contribution in [1.29, 1.82) is 5.41 Å². The zero-order valence-corrected chi connectivity index (χ0v) is 20.0. The second-order valence-corrected chi connectivity index (χ2v) is 8.32. The van der Waals surface area contributed by atoms with Gasteiger partial charge in [0, 0.05) is 19.5 Å². The van der Waals surface area contributed by atoms with E-state index in [1.165, 1.54) is 0 Å². The molecule has 0 unspecified atom stereocenters. The van der Waals surface area contributed by atoms with Crippen molar-refractivity contribution in [3.8, 4) is 5.75 Å². The van der Waals surface area contributed by atoms with Crippen molar-refractivity contribution in [2.24, 2.45) is 16.6 Å². The Bertz CT molecular complexity index is 707. The van der Waals surface area contributed by atoms with Crippen molar-refractivity contribution in [1.82, 2.24) is 10.6 Å². The minimum Gasteiger partial charge on any atom is -0.491 e. The van der Waals surface area contributed by atoms with Crippen LogP contribution in [0.25, 0.3) is 0 Å². The lowest BCUT2D eigenvalue weighted by Crippen LogP contribution is -2.33. The minimum atomic E-state index is -0.397. The average molecular weight is 550 g/mol. The normalized spacial score (nSPS) is 11.2. The molecule has 0 atom stereocenters. The summed E-state index contributed by atoms with van der Waals surface area (Å²) >= 11 is 6.94. The highest BCUT2D eigenvalue weighted by Crippen LogP contribution is 2.35. The molecule has 0 fully saturated rings. The molecule has 11 heteroatoms. The second-order valence-electron chi connectivity index (χ2n) is 6.61. The van der Waals surface area contributed by atoms with Crippen molar-refractivity contribution in [2.45, 2.75) is 38.5 Å². The van der Waals surface area contributed by atoms with Crippen LogP contribution < -0.4 is 26.8 Å². The number of ether oxygens (including phenoxy) is 1. The molecule has 0 aromatic heterocycles. The maximum Gasteiger partial charge on any atom is 0.269 e. The number of carbonyl (C=O) groups is 1. The molecule has 1 aromatic rings. The van der Waals surface area contributed by atoms with Crippen molar-refractivity contribution in [2.75, 3.05) is 26.2 Å². The third-order valence-corrected chi connectivity index (χ3v) is 5.29. The van der Waals surface area contributed by atoms with Crippen LogP contribution in [0.5, 0.6) is 5.75 Å². The van der Waals surface area contributed by atoms with Crippen LogP contribution in [0, 0.1) is 5.41 Å². The number of carbonyl (C=O) groups excluding carboxylic acids is 1. The lowest BCUT2D eigenvalue weighted by molar-refractivity contribution is -0.115. The van der Waals surface area contributed by atoms with Gasteiger partial charge in [-0.1, -0.05) is 18.0 Å². The number of benzene rings is 1. The number of guanidine groups is 1. The number of hydrogen-bond acceptors (Lipinski definition) is 6. The van der Waals surface area contributed by atoms with Crippen LogP contribution in [0.15, 0.2) is 26.2 Å². The lowest BCUT2D eigenvalue weighted by atomic mass is 10.1. The second kappa shape index (κ2) is 15.0. The van der Waals surface area contributed by atoms with E-state index >= 15 is 0 Å². The fourth-order valence-corrected chi connectivity index (χ4v) is 4.11. The fraction of sp³-hybridized carbons (Fsp3) is 0.526. The standard InChI is InChI=1S/C19H30Br2N6O3/c20-14-10-13(11-15(21)17(14)30-9-5-6-22)12-16(27-29)18(28)25-7-3-1-2-4-8-26-19(23)24/h10-11,29H,1-9,12,22H2,(H,25,28)(H4,23,24,26). The largest absolute Gasteiger partial charge is 0.491 e. The summed E-state index contributed by atoms with van der Waals surface area (Å²) in [5.41, 5.74) is 11.5. The number of halogens is 2. The van der Waals surface area contributed by atoms with Gasteiger partial charge in [-0.25, -0.2) is 0 Å². The molecule has 1 amide bonds. The number of oxime groups is 1. The van der Waals surface area contributed by atoms with Gasteiger partial charge in [0.05, 0.1) is 15.6 Å². The van der Waals surface area contributed by atoms with Crippen LogP contribution in [0.4, 0.5) is 0 Å². The average Bonchev–Trinajstić information content (AvgIpc) is 2.69. The van der Waals surface area contributed by atoms with Crippen LogP contribution in [-0.2, 0) is 11.2 Å². The number of amides is 1. The molecule has 0 aliphatic heterocycles. The third kappa shape index (κ3) is 10.3. The van der Waals surface area contributed by atoms with Gasteiger partial charge < -0.3 is 32.0 Å². The SMILES string of the molecule is N=C(N)NCCCCCCNC(=O)C(Cc1cc(Br)c(OCCCN)c(Br)c1)=NO. The van der Waals surface area contributed by atoms with Crippen molar-refractivity contribution < 1.29 is 14.7 Å². The Kier molecular flexibility index (Phi) is 13.1. The summed E-state index contributed by atoms with van der Waals surface area (Å²) in [5.74, 6) is 0.245. The van der Waals surface area contributed by atoms with Gasteiger partial charge in [0.1, 0.15) is 11.5 Å². The van der Waals surface area contributed by atoms with E-state index in [1.807, 2.05) is 12.1 Å². The zero-order chi connectivity index (χ0) is 22.4. The summed E-state index contributed by atoms with van der Waals surface area (Å²) in [4.78, 5) is 12.3. The quantitative estimate of drug-likeness (QED) is 0.0687. The molecule has 8 N–H and O–H groups in total. The Morgan fingerprint density at radius 1 is 1.10 bits per heavy atom. The van der Waals surface area contributed by atoms with Gasteiger partial charge in [0.2, 0.25) is 0 Å². The zero-order valence-electron chi connectivity index (χ0n) is 16.8. The summed E-state index contributed by atoms with van der Waals surface area (Å²) in [6.45, 7) is 2.23. The Balaban J connectivity index is 2.45. The van der Waals surface area contributed by atoms with Gasteiger partial charge in [-0.15, -0.1) is 0 Å². The maximum absolute atomic E-state index is 12.3. The molecule has 0 bridgehead atoms. The van der Waals surface area contributed by atoms with Crippen molar-refractivity contribution >= 4 is 49.4 Å². The summed E-state index contributed by atoms with van der Waals surface area (Å²) in [6, 6.07) is 3.66. The molecule has 0 saturated heterocycles. The molecule has 0 heterocycles. The van der Waals surface area contributed by atoms with Gasteiger partial charge in [-0.05, 0) is 75.4 Å². The Hall–Kier alpha value is -1.85. The molecule has 168 valence electrons. The molecule has 9 nitrogen and oxygen atoms in total. The van der Waals surface area contributed by atoms with Gasteiger partial charge in [0.15, 0.2) is 5.96 Å². The Morgan fingerprint density at radius 2 is 1.70 bits per heavy atom. The number of nitrogens with two attached hydrogens (primary N) is 2. The number of nitrogens with one attached hydrogen (secondary N) is 3. The van der Waals surface area contributed by atoms with Crippen molar-refractivity contribution in [3.63, 3.8) is 0 Å². The molecule has 0 aliphatic carbocycles. The molecule has 0 radical (unpaired) electrons. The third-order valence-electron chi connectivity index (χ3n) is 4.11. The predicted octanol–water partition coefficient (Wildman–Crippen LogP) is 2.47. The molecular weight excluding hydrogens is 520 g/mol. The van der Waals surface area contributed by atoms with Crippen LogP contribution >= 0.6 is 31.9 Å². The van der Waals surface area contributed by atoms with Crippen LogP contribution in [0.1, 0.15) is 37.7 Å². The van der Waals surface area contributed by atoms with E-state index in [1.54, 1.807) is 0 Å². The molecular formula is C19H30Br2N6O3. The molecule has 1 aromatic carbocycles. The van der Waals surface area contributed by atoms with E-state index < -0.39 is 5.91 Å². The number of nitrogens with zero attached hydrogens (tertiary/aromatic N) is 1. The van der Waals surface area contributed by atoms with Gasteiger partial charge in [-0.2, -0.15) is 0 Å². The summed E-state index contributed by atoms with van der Waals surface area (Å²) in [6.07, 6.45) is 4.57. The Labute approximate surface area is 193 Å². The first-order valence-corrected chi connectivity index (χ1v) is 11.4. The predicted molar refractivity (Wildman–Crippen MR) is 125 cm³/mol. The molecule has 0 saturated carbocycles. The smallest absolute Gasteiger partial charge is 0.269 e. The van der Waals surface area contributed by atoms with E-state index in [4.69, 9.17) is 21.6 Å². The highest BCUT2D eigenvalue weighted by atomic mass is 79.9. The molecule has 1 rings (SSSR count). The number of unbranched alkanes of at least 4 members (excludes halogenated alkanes) is 3. The summed E-state index contributed by atoms with van der Waals surface area (Å²) in [7, 11) is 0. The van der Waals surface area contributed by atoms with E-state index in [0.29, 0.717) is 32.0 Å². The van der Waals surface area contributed by atoms with Crippen molar-refractivity contribution in [3.05, 3.63) is 26.6 Å².